The maximum atomic E-state index is 11.8. The molecule has 1 atom stereocenters. The standard InChI is InChI=1S/C9H12ClN3O3S/c1-6(9(11)12-14)13-17(15,16)8-4-2-7(10)3-5-8/h2-6,13-14H,1H3,(H2,11,12). The second-order valence-electron chi connectivity index (χ2n) is 3.32. The van der Waals surface area contributed by atoms with Crippen LogP contribution in [0.2, 0.25) is 5.02 Å². The smallest absolute Gasteiger partial charge is 0.241 e. The molecule has 0 saturated heterocycles. The molecule has 0 saturated carbocycles. The summed E-state index contributed by atoms with van der Waals surface area (Å²) in [7, 11) is -3.71. The number of rotatable bonds is 4. The Balaban J connectivity index is 2.93. The van der Waals surface area contributed by atoms with Gasteiger partial charge in [0, 0.05) is 5.02 Å². The van der Waals surface area contributed by atoms with Crippen LogP contribution in [0.4, 0.5) is 0 Å². The van der Waals surface area contributed by atoms with E-state index in [2.05, 4.69) is 9.88 Å². The second kappa shape index (κ2) is 5.35. The Labute approximate surface area is 104 Å². The first kappa shape index (κ1) is 13.8. The van der Waals surface area contributed by atoms with E-state index in [-0.39, 0.29) is 10.7 Å². The zero-order valence-corrected chi connectivity index (χ0v) is 10.5. The lowest BCUT2D eigenvalue weighted by molar-refractivity contribution is 0.316. The first-order valence-corrected chi connectivity index (χ1v) is 6.48. The number of nitrogens with one attached hydrogen (secondary N) is 1. The maximum Gasteiger partial charge on any atom is 0.241 e. The van der Waals surface area contributed by atoms with Crippen molar-refractivity contribution in [3.8, 4) is 0 Å². The fourth-order valence-electron chi connectivity index (χ4n) is 1.06. The van der Waals surface area contributed by atoms with Crippen LogP contribution in [0.15, 0.2) is 34.3 Å². The molecule has 0 radical (unpaired) electrons. The van der Waals surface area contributed by atoms with E-state index in [1.807, 2.05) is 0 Å². The third-order valence-corrected chi connectivity index (χ3v) is 3.82. The maximum absolute atomic E-state index is 11.8. The van der Waals surface area contributed by atoms with Gasteiger partial charge in [-0.15, -0.1) is 0 Å². The predicted octanol–water partition coefficient (Wildman–Crippen LogP) is 0.753. The number of halogens is 1. The molecular weight excluding hydrogens is 266 g/mol. The summed E-state index contributed by atoms with van der Waals surface area (Å²) < 4.78 is 25.9. The van der Waals surface area contributed by atoms with E-state index in [0.29, 0.717) is 5.02 Å². The minimum atomic E-state index is -3.71. The van der Waals surface area contributed by atoms with Crippen molar-refractivity contribution >= 4 is 27.5 Å². The van der Waals surface area contributed by atoms with Crippen molar-refractivity contribution in [2.75, 3.05) is 0 Å². The van der Waals surface area contributed by atoms with Crippen LogP contribution in [-0.4, -0.2) is 25.5 Å². The molecule has 8 heteroatoms. The summed E-state index contributed by atoms with van der Waals surface area (Å²) in [5.41, 5.74) is 5.28. The van der Waals surface area contributed by atoms with Gasteiger partial charge < -0.3 is 10.9 Å². The van der Waals surface area contributed by atoms with Crippen LogP contribution in [0.1, 0.15) is 6.92 Å². The number of hydrogen-bond acceptors (Lipinski definition) is 4. The molecule has 0 aliphatic carbocycles. The highest BCUT2D eigenvalue weighted by molar-refractivity contribution is 7.89. The molecule has 4 N–H and O–H groups in total. The molecule has 94 valence electrons. The average Bonchev–Trinajstić information content (AvgIpc) is 2.27. The van der Waals surface area contributed by atoms with E-state index in [1.54, 1.807) is 0 Å². The number of hydrogen-bond donors (Lipinski definition) is 3. The molecule has 0 spiro atoms. The Hall–Kier alpha value is -1.31. The molecule has 0 fully saturated rings. The largest absolute Gasteiger partial charge is 0.409 e. The van der Waals surface area contributed by atoms with Crippen LogP contribution in [-0.2, 0) is 10.0 Å². The minimum Gasteiger partial charge on any atom is -0.409 e. The minimum absolute atomic E-state index is 0.0551. The molecule has 0 amide bonds. The van der Waals surface area contributed by atoms with E-state index in [1.165, 1.54) is 31.2 Å². The summed E-state index contributed by atoms with van der Waals surface area (Å²) in [6.45, 7) is 1.46. The Kier molecular flexibility index (Phi) is 4.33. The van der Waals surface area contributed by atoms with Gasteiger partial charge in [-0.2, -0.15) is 0 Å². The van der Waals surface area contributed by atoms with Crippen molar-refractivity contribution in [1.82, 2.24) is 4.72 Å². The van der Waals surface area contributed by atoms with Crippen LogP contribution < -0.4 is 10.5 Å². The molecule has 1 unspecified atom stereocenters. The quantitative estimate of drug-likeness (QED) is 0.327. The molecule has 0 aliphatic heterocycles. The summed E-state index contributed by atoms with van der Waals surface area (Å²) >= 11 is 5.65. The van der Waals surface area contributed by atoms with Crippen LogP contribution in [0.25, 0.3) is 0 Å². The van der Waals surface area contributed by atoms with Gasteiger partial charge >= 0.3 is 0 Å². The second-order valence-corrected chi connectivity index (χ2v) is 5.47. The number of nitrogens with zero attached hydrogens (tertiary/aromatic N) is 1. The lowest BCUT2D eigenvalue weighted by Crippen LogP contribution is -2.42. The average molecular weight is 278 g/mol. The van der Waals surface area contributed by atoms with Crippen molar-refractivity contribution in [1.29, 1.82) is 0 Å². The number of benzene rings is 1. The molecule has 0 aromatic heterocycles. The van der Waals surface area contributed by atoms with Crippen LogP contribution in [0.5, 0.6) is 0 Å². The molecular formula is C9H12ClN3O3S. The Morgan fingerprint density at radius 2 is 2.00 bits per heavy atom. The van der Waals surface area contributed by atoms with Gasteiger partial charge in [0.2, 0.25) is 10.0 Å². The van der Waals surface area contributed by atoms with Crippen molar-refractivity contribution < 1.29 is 13.6 Å². The molecule has 0 bridgehead atoms. The van der Waals surface area contributed by atoms with E-state index in [0.717, 1.165) is 0 Å². The molecule has 0 heterocycles. The van der Waals surface area contributed by atoms with Gasteiger partial charge in [0.1, 0.15) is 0 Å². The van der Waals surface area contributed by atoms with Crippen LogP contribution in [0, 0.1) is 0 Å². The first-order valence-electron chi connectivity index (χ1n) is 4.62. The predicted molar refractivity (Wildman–Crippen MR) is 64.6 cm³/mol. The topological polar surface area (TPSA) is 105 Å². The van der Waals surface area contributed by atoms with E-state index < -0.39 is 16.1 Å². The molecule has 1 aromatic rings. The molecule has 1 aromatic carbocycles. The summed E-state index contributed by atoms with van der Waals surface area (Å²) in [5, 5.41) is 11.6. The lowest BCUT2D eigenvalue weighted by Gasteiger charge is -2.12. The third-order valence-electron chi connectivity index (χ3n) is 2.01. The van der Waals surface area contributed by atoms with E-state index in [4.69, 9.17) is 22.5 Å². The zero-order valence-electron chi connectivity index (χ0n) is 8.96. The van der Waals surface area contributed by atoms with Crippen molar-refractivity contribution in [2.24, 2.45) is 10.9 Å². The molecule has 1 rings (SSSR count). The third kappa shape index (κ3) is 3.58. The van der Waals surface area contributed by atoms with Crippen LogP contribution in [0.3, 0.4) is 0 Å². The van der Waals surface area contributed by atoms with Gasteiger partial charge in [-0.1, -0.05) is 16.8 Å². The molecule has 0 aliphatic rings. The van der Waals surface area contributed by atoms with Crippen LogP contribution >= 0.6 is 11.6 Å². The zero-order chi connectivity index (χ0) is 13.1. The molecule has 6 nitrogen and oxygen atoms in total. The van der Waals surface area contributed by atoms with Gasteiger partial charge in [-0.05, 0) is 31.2 Å². The number of sulfonamides is 1. The monoisotopic (exact) mass is 277 g/mol. The normalized spacial score (nSPS) is 14.6. The Morgan fingerprint density at radius 3 is 2.47 bits per heavy atom. The highest BCUT2D eigenvalue weighted by Crippen LogP contribution is 2.14. The highest BCUT2D eigenvalue weighted by Gasteiger charge is 2.19. The van der Waals surface area contributed by atoms with Gasteiger partial charge in [0.15, 0.2) is 5.84 Å². The summed E-state index contributed by atoms with van der Waals surface area (Å²) in [4.78, 5) is 0.0551. The highest BCUT2D eigenvalue weighted by atomic mass is 35.5. The van der Waals surface area contributed by atoms with Gasteiger partial charge in [0.05, 0.1) is 10.9 Å². The number of amidine groups is 1. The molecule has 17 heavy (non-hydrogen) atoms. The summed E-state index contributed by atoms with van der Waals surface area (Å²) in [6.07, 6.45) is 0. The van der Waals surface area contributed by atoms with E-state index >= 15 is 0 Å². The Morgan fingerprint density at radius 1 is 1.47 bits per heavy atom. The summed E-state index contributed by atoms with van der Waals surface area (Å²) in [6, 6.07) is 4.85. The summed E-state index contributed by atoms with van der Waals surface area (Å²) in [5.74, 6) is -0.220. The lowest BCUT2D eigenvalue weighted by atomic mass is 10.3. The van der Waals surface area contributed by atoms with Crippen molar-refractivity contribution in [3.05, 3.63) is 29.3 Å². The fourth-order valence-corrected chi connectivity index (χ4v) is 2.40. The Bertz CT molecular complexity index is 513. The first-order chi connectivity index (χ1) is 7.86. The van der Waals surface area contributed by atoms with Gasteiger partial charge in [-0.3, -0.25) is 0 Å². The van der Waals surface area contributed by atoms with Crippen molar-refractivity contribution in [3.63, 3.8) is 0 Å². The van der Waals surface area contributed by atoms with Gasteiger partial charge in [0.25, 0.3) is 0 Å². The van der Waals surface area contributed by atoms with E-state index in [9.17, 15) is 8.42 Å². The SMILES string of the molecule is CC(NS(=O)(=O)c1ccc(Cl)cc1)/C(N)=N/O. The number of nitrogens with two attached hydrogens (primary N) is 1. The van der Waals surface area contributed by atoms with Crippen molar-refractivity contribution in [2.45, 2.75) is 17.9 Å². The fraction of sp³-hybridized carbons (Fsp3) is 0.222. The number of oxime groups is 1. The van der Waals surface area contributed by atoms with Gasteiger partial charge in [-0.25, -0.2) is 13.1 Å².